The van der Waals surface area contributed by atoms with Gasteiger partial charge in [0.05, 0.1) is 0 Å². The van der Waals surface area contributed by atoms with Gasteiger partial charge in [0.25, 0.3) is 0 Å². The smallest absolute Gasteiger partial charge is 0.0465 e. The van der Waals surface area contributed by atoms with E-state index in [1.807, 2.05) is 6.08 Å². The zero-order valence-electron chi connectivity index (χ0n) is 10.5. The minimum Gasteiger partial charge on any atom is -0.382 e. The molecule has 90 valence electrons. The van der Waals surface area contributed by atoms with Gasteiger partial charge in [0.15, 0.2) is 0 Å². The van der Waals surface area contributed by atoms with Crippen molar-refractivity contribution in [3.8, 4) is 0 Å². The summed E-state index contributed by atoms with van der Waals surface area (Å²) < 4.78 is 5.30. The maximum absolute atomic E-state index is 5.30. The van der Waals surface area contributed by atoms with Gasteiger partial charge in [-0.25, -0.2) is 0 Å². The molecule has 0 N–H and O–H groups in total. The molecule has 0 saturated carbocycles. The SMILES string of the molecule is C=CCCCCCCCCCCOCC. The molecule has 15 heavy (non-hydrogen) atoms. The van der Waals surface area contributed by atoms with Gasteiger partial charge < -0.3 is 4.74 Å². The van der Waals surface area contributed by atoms with Crippen molar-refractivity contribution in [2.75, 3.05) is 13.2 Å². The van der Waals surface area contributed by atoms with E-state index in [4.69, 9.17) is 4.74 Å². The number of ether oxygens (including phenoxy) is 1. The first-order valence-electron chi connectivity index (χ1n) is 6.60. The summed E-state index contributed by atoms with van der Waals surface area (Å²) in [6, 6.07) is 0. The monoisotopic (exact) mass is 212 g/mol. The van der Waals surface area contributed by atoms with Gasteiger partial charge in [-0.1, -0.05) is 44.6 Å². The molecule has 0 rings (SSSR count). The maximum atomic E-state index is 5.30. The molecule has 0 aromatic carbocycles. The normalized spacial score (nSPS) is 10.5. The Morgan fingerprint density at radius 2 is 1.40 bits per heavy atom. The number of unbranched alkanes of at least 4 members (excludes halogenated alkanes) is 8. The lowest BCUT2D eigenvalue weighted by atomic mass is 10.1. The molecule has 0 fully saturated rings. The molecule has 0 heterocycles. The Labute approximate surface area is 95.9 Å². The largest absolute Gasteiger partial charge is 0.382 e. The van der Waals surface area contributed by atoms with Crippen LogP contribution in [0.1, 0.15) is 64.7 Å². The Morgan fingerprint density at radius 1 is 0.867 bits per heavy atom. The molecule has 0 unspecified atom stereocenters. The summed E-state index contributed by atoms with van der Waals surface area (Å²) >= 11 is 0. The first-order chi connectivity index (χ1) is 7.41. The lowest BCUT2D eigenvalue weighted by Gasteiger charge is -2.02. The standard InChI is InChI=1S/C14H28O/c1-3-5-6-7-8-9-10-11-12-13-14-15-4-2/h3H,1,4-14H2,2H3. The van der Waals surface area contributed by atoms with Crippen LogP contribution >= 0.6 is 0 Å². The van der Waals surface area contributed by atoms with E-state index in [-0.39, 0.29) is 0 Å². The van der Waals surface area contributed by atoms with Crippen molar-refractivity contribution in [1.29, 1.82) is 0 Å². The van der Waals surface area contributed by atoms with E-state index in [1.165, 1.54) is 57.8 Å². The van der Waals surface area contributed by atoms with Crippen molar-refractivity contribution in [1.82, 2.24) is 0 Å². The number of allylic oxidation sites excluding steroid dienone is 1. The van der Waals surface area contributed by atoms with Gasteiger partial charge in [-0.3, -0.25) is 0 Å². The molecule has 0 aliphatic heterocycles. The molecule has 0 radical (unpaired) electrons. The first kappa shape index (κ1) is 14.7. The molecule has 0 aliphatic rings. The molecule has 1 heteroatoms. The molecule has 0 amide bonds. The summed E-state index contributed by atoms with van der Waals surface area (Å²) in [6.45, 7) is 7.61. The highest BCUT2D eigenvalue weighted by Crippen LogP contribution is 2.09. The Kier molecular flexibility index (Phi) is 13.4. The van der Waals surface area contributed by atoms with Gasteiger partial charge in [0, 0.05) is 13.2 Å². The number of hydrogen-bond donors (Lipinski definition) is 0. The van der Waals surface area contributed by atoms with Crippen molar-refractivity contribution in [2.24, 2.45) is 0 Å². The fraction of sp³-hybridized carbons (Fsp3) is 0.857. The van der Waals surface area contributed by atoms with Crippen molar-refractivity contribution in [3.63, 3.8) is 0 Å². The summed E-state index contributed by atoms with van der Waals surface area (Å²) in [5.41, 5.74) is 0. The second-order valence-corrected chi connectivity index (χ2v) is 4.10. The summed E-state index contributed by atoms with van der Waals surface area (Å²) in [5, 5.41) is 0. The van der Waals surface area contributed by atoms with Crippen LogP contribution in [0.15, 0.2) is 12.7 Å². The van der Waals surface area contributed by atoms with E-state index < -0.39 is 0 Å². The van der Waals surface area contributed by atoms with Crippen LogP contribution in [0, 0.1) is 0 Å². The Bertz CT molecular complexity index is 121. The molecule has 0 atom stereocenters. The average Bonchev–Trinajstić information content (AvgIpc) is 2.26. The second-order valence-electron chi connectivity index (χ2n) is 4.10. The van der Waals surface area contributed by atoms with Gasteiger partial charge in [0.2, 0.25) is 0 Å². The fourth-order valence-corrected chi connectivity index (χ4v) is 1.70. The third kappa shape index (κ3) is 13.7. The number of rotatable bonds is 12. The van der Waals surface area contributed by atoms with Gasteiger partial charge >= 0.3 is 0 Å². The lowest BCUT2D eigenvalue weighted by molar-refractivity contribution is 0.143. The van der Waals surface area contributed by atoms with Crippen molar-refractivity contribution >= 4 is 0 Å². The second kappa shape index (κ2) is 13.7. The van der Waals surface area contributed by atoms with E-state index in [1.54, 1.807) is 0 Å². The Hall–Kier alpha value is -0.300. The molecule has 0 saturated heterocycles. The fourth-order valence-electron chi connectivity index (χ4n) is 1.70. The van der Waals surface area contributed by atoms with Gasteiger partial charge in [-0.05, 0) is 26.2 Å². The van der Waals surface area contributed by atoms with Crippen LogP contribution in [0.25, 0.3) is 0 Å². The van der Waals surface area contributed by atoms with Crippen LogP contribution in [0.5, 0.6) is 0 Å². The molecule has 0 spiro atoms. The number of hydrogen-bond acceptors (Lipinski definition) is 1. The van der Waals surface area contributed by atoms with Crippen molar-refractivity contribution in [2.45, 2.75) is 64.7 Å². The van der Waals surface area contributed by atoms with Crippen LogP contribution in [-0.4, -0.2) is 13.2 Å². The summed E-state index contributed by atoms with van der Waals surface area (Å²) in [6.07, 6.45) is 14.1. The zero-order chi connectivity index (χ0) is 11.2. The minimum atomic E-state index is 0.864. The van der Waals surface area contributed by atoms with Crippen molar-refractivity contribution in [3.05, 3.63) is 12.7 Å². The summed E-state index contributed by atoms with van der Waals surface area (Å²) in [7, 11) is 0. The van der Waals surface area contributed by atoms with E-state index in [2.05, 4.69) is 13.5 Å². The molecular formula is C14H28O. The highest BCUT2D eigenvalue weighted by Gasteiger charge is 1.91. The zero-order valence-corrected chi connectivity index (χ0v) is 10.5. The molecule has 0 aromatic heterocycles. The highest BCUT2D eigenvalue weighted by molar-refractivity contribution is 4.65. The van der Waals surface area contributed by atoms with Gasteiger partial charge in [-0.15, -0.1) is 6.58 Å². The predicted octanol–water partition coefficient (Wildman–Crippen LogP) is 4.72. The third-order valence-corrected chi connectivity index (χ3v) is 2.65. The van der Waals surface area contributed by atoms with E-state index in [0.717, 1.165) is 13.2 Å². The first-order valence-corrected chi connectivity index (χ1v) is 6.60. The van der Waals surface area contributed by atoms with E-state index in [9.17, 15) is 0 Å². The van der Waals surface area contributed by atoms with Gasteiger partial charge in [0.1, 0.15) is 0 Å². The van der Waals surface area contributed by atoms with E-state index in [0.29, 0.717) is 0 Å². The van der Waals surface area contributed by atoms with Crippen LogP contribution in [0.3, 0.4) is 0 Å². The topological polar surface area (TPSA) is 9.23 Å². The molecule has 1 nitrogen and oxygen atoms in total. The third-order valence-electron chi connectivity index (χ3n) is 2.65. The van der Waals surface area contributed by atoms with Crippen LogP contribution < -0.4 is 0 Å². The predicted molar refractivity (Wildman–Crippen MR) is 68.2 cm³/mol. The minimum absolute atomic E-state index is 0.864. The van der Waals surface area contributed by atoms with Crippen molar-refractivity contribution < 1.29 is 4.74 Å². The molecule has 0 bridgehead atoms. The Balaban J connectivity index is 2.83. The highest BCUT2D eigenvalue weighted by atomic mass is 16.5. The average molecular weight is 212 g/mol. The maximum Gasteiger partial charge on any atom is 0.0465 e. The quantitative estimate of drug-likeness (QED) is 0.336. The Morgan fingerprint density at radius 3 is 1.93 bits per heavy atom. The van der Waals surface area contributed by atoms with Crippen LogP contribution in [0.2, 0.25) is 0 Å². The van der Waals surface area contributed by atoms with Crippen LogP contribution in [-0.2, 0) is 4.74 Å². The lowest BCUT2D eigenvalue weighted by Crippen LogP contribution is -1.92. The summed E-state index contributed by atoms with van der Waals surface area (Å²) in [4.78, 5) is 0. The molecular weight excluding hydrogens is 184 g/mol. The van der Waals surface area contributed by atoms with Crippen LogP contribution in [0.4, 0.5) is 0 Å². The summed E-state index contributed by atoms with van der Waals surface area (Å²) in [5.74, 6) is 0. The molecule has 0 aliphatic carbocycles. The van der Waals surface area contributed by atoms with E-state index >= 15 is 0 Å². The van der Waals surface area contributed by atoms with Gasteiger partial charge in [-0.2, -0.15) is 0 Å². The molecule has 0 aromatic rings.